The van der Waals surface area contributed by atoms with Crippen molar-refractivity contribution >= 4 is 5.97 Å². The predicted molar refractivity (Wildman–Crippen MR) is 135 cm³/mol. The number of carboxylic acids is 1. The van der Waals surface area contributed by atoms with Gasteiger partial charge < -0.3 is 5.11 Å². The molecule has 1 aromatic heterocycles. The molecular formula is C29H36N2O2. The van der Waals surface area contributed by atoms with Crippen molar-refractivity contribution in [1.29, 1.82) is 0 Å². The van der Waals surface area contributed by atoms with E-state index in [1.807, 2.05) is 12.4 Å². The van der Waals surface area contributed by atoms with Crippen molar-refractivity contribution in [3.05, 3.63) is 72.1 Å². The Bertz CT molecular complexity index is 964. The first kappa shape index (κ1) is 24.6. The molecule has 0 bridgehead atoms. The standard InChI is InChI=1S/C29H36N2O2/c1-2-3-4-5-6-7-11-24-21-30-29(31-22-24)27-19-17-26(18-20-27)25-15-13-23(14-16-25)10-8-9-12-28(32)33/h13-22H,2-12H2,1H3,(H,32,33). The maximum absolute atomic E-state index is 10.6. The van der Waals surface area contributed by atoms with Gasteiger partial charge in [-0.1, -0.05) is 87.6 Å². The fraction of sp³-hybridized carbons (Fsp3) is 0.414. The van der Waals surface area contributed by atoms with E-state index in [4.69, 9.17) is 5.11 Å². The molecule has 4 nitrogen and oxygen atoms in total. The molecule has 3 rings (SSSR count). The number of aliphatic carboxylic acids is 1. The molecule has 0 aliphatic heterocycles. The van der Waals surface area contributed by atoms with Crippen LogP contribution in [-0.4, -0.2) is 21.0 Å². The van der Waals surface area contributed by atoms with E-state index in [-0.39, 0.29) is 6.42 Å². The topological polar surface area (TPSA) is 63.1 Å². The van der Waals surface area contributed by atoms with Crippen molar-refractivity contribution in [3.8, 4) is 22.5 Å². The molecule has 0 radical (unpaired) electrons. The summed E-state index contributed by atoms with van der Waals surface area (Å²) in [7, 11) is 0. The van der Waals surface area contributed by atoms with Crippen LogP contribution in [0.4, 0.5) is 0 Å². The van der Waals surface area contributed by atoms with Crippen LogP contribution in [0, 0.1) is 0 Å². The van der Waals surface area contributed by atoms with Gasteiger partial charge in [-0.15, -0.1) is 0 Å². The highest BCUT2D eigenvalue weighted by Crippen LogP contribution is 2.24. The van der Waals surface area contributed by atoms with Crippen LogP contribution in [0.3, 0.4) is 0 Å². The van der Waals surface area contributed by atoms with E-state index in [1.54, 1.807) is 0 Å². The van der Waals surface area contributed by atoms with Gasteiger partial charge in [0.2, 0.25) is 0 Å². The summed E-state index contributed by atoms with van der Waals surface area (Å²) in [5.74, 6) is 0.0493. The van der Waals surface area contributed by atoms with E-state index in [0.29, 0.717) is 0 Å². The molecule has 33 heavy (non-hydrogen) atoms. The number of aryl methyl sites for hydroxylation is 2. The highest BCUT2D eigenvalue weighted by atomic mass is 16.4. The summed E-state index contributed by atoms with van der Waals surface area (Å²) < 4.78 is 0. The average Bonchev–Trinajstić information content (AvgIpc) is 2.85. The number of hydrogen-bond acceptors (Lipinski definition) is 3. The second kappa shape index (κ2) is 13.5. The molecule has 0 unspecified atom stereocenters. The first-order valence-electron chi connectivity index (χ1n) is 12.4. The van der Waals surface area contributed by atoms with Gasteiger partial charge >= 0.3 is 5.97 Å². The summed E-state index contributed by atoms with van der Waals surface area (Å²) in [5, 5.41) is 8.73. The molecule has 0 saturated carbocycles. The predicted octanol–water partition coefficient (Wildman–Crippen LogP) is 7.51. The van der Waals surface area contributed by atoms with Crippen molar-refractivity contribution in [3.63, 3.8) is 0 Å². The second-order valence-electron chi connectivity index (χ2n) is 8.81. The number of hydrogen-bond donors (Lipinski definition) is 1. The zero-order valence-corrected chi connectivity index (χ0v) is 19.8. The van der Waals surface area contributed by atoms with Crippen molar-refractivity contribution < 1.29 is 9.90 Å². The third kappa shape index (κ3) is 8.45. The minimum Gasteiger partial charge on any atom is -0.481 e. The molecule has 0 aliphatic rings. The summed E-state index contributed by atoms with van der Waals surface area (Å²) in [6, 6.07) is 16.9. The molecule has 0 atom stereocenters. The Morgan fingerprint density at radius 3 is 1.82 bits per heavy atom. The van der Waals surface area contributed by atoms with Crippen molar-refractivity contribution in [2.24, 2.45) is 0 Å². The van der Waals surface area contributed by atoms with Gasteiger partial charge in [0.25, 0.3) is 0 Å². The fourth-order valence-electron chi connectivity index (χ4n) is 4.02. The van der Waals surface area contributed by atoms with E-state index >= 15 is 0 Å². The summed E-state index contributed by atoms with van der Waals surface area (Å²) in [4.78, 5) is 19.8. The number of nitrogens with zero attached hydrogens (tertiary/aromatic N) is 2. The average molecular weight is 445 g/mol. The number of unbranched alkanes of at least 4 members (excludes halogenated alkanes) is 6. The molecule has 2 aromatic carbocycles. The minimum atomic E-state index is -0.719. The highest BCUT2D eigenvalue weighted by Gasteiger charge is 2.04. The van der Waals surface area contributed by atoms with Gasteiger partial charge in [-0.3, -0.25) is 4.79 Å². The Kier molecular flexibility index (Phi) is 10.1. The lowest BCUT2D eigenvalue weighted by Crippen LogP contribution is -1.95. The largest absolute Gasteiger partial charge is 0.481 e. The van der Waals surface area contributed by atoms with Gasteiger partial charge in [0.1, 0.15) is 0 Å². The summed E-state index contributed by atoms with van der Waals surface area (Å²) in [6.45, 7) is 2.25. The highest BCUT2D eigenvalue weighted by molar-refractivity contribution is 5.68. The van der Waals surface area contributed by atoms with Crippen LogP contribution in [0.1, 0.15) is 75.8 Å². The number of carbonyl (C=O) groups is 1. The lowest BCUT2D eigenvalue weighted by molar-refractivity contribution is -0.137. The molecule has 4 heteroatoms. The van der Waals surface area contributed by atoms with Crippen LogP contribution >= 0.6 is 0 Å². The van der Waals surface area contributed by atoms with Crippen molar-refractivity contribution in [1.82, 2.24) is 9.97 Å². The van der Waals surface area contributed by atoms with E-state index in [2.05, 4.69) is 65.4 Å². The monoisotopic (exact) mass is 444 g/mol. The molecular weight excluding hydrogens is 408 g/mol. The van der Waals surface area contributed by atoms with E-state index in [9.17, 15) is 4.79 Å². The molecule has 0 fully saturated rings. The van der Waals surface area contributed by atoms with E-state index in [1.165, 1.54) is 55.2 Å². The molecule has 1 N–H and O–H groups in total. The van der Waals surface area contributed by atoms with Crippen LogP contribution < -0.4 is 0 Å². The van der Waals surface area contributed by atoms with Gasteiger partial charge in [-0.2, -0.15) is 0 Å². The SMILES string of the molecule is CCCCCCCCc1cnc(-c2ccc(-c3ccc(CCCCC(=O)O)cc3)cc2)nc1. The molecule has 0 spiro atoms. The van der Waals surface area contributed by atoms with Gasteiger partial charge in [-0.05, 0) is 54.4 Å². The van der Waals surface area contributed by atoms with E-state index < -0.39 is 5.97 Å². The van der Waals surface area contributed by atoms with Crippen LogP contribution in [0.15, 0.2) is 60.9 Å². The molecule has 3 aromatic rings. The number of benzene rings is 2. The van der Waals surface area contributed by atoms with Crippen LogP contribution in [-0.2, 0) is 17.6 Å². The first-order valence-corrected chi connectivity index (χ1v) is 12.4. The summed E-state index contributed by atoms with van der Waals surface area (Å²) in [6.07, 6.45) is 15.6. The van der Waals surface area contributed by atoms with Crippen LogP contribution in [0.2, 0.25) is 0 Å². The Hall–Kier alpha value is -3.01. The van der Waals surface area contributed by atoms with Crippen LogP contribution in [0.5, 0.6) is 0 Å². The number of rotatable bonds is 14. The third-order valence-corrected chi connectivity index (χ3v) is 6.06. The summed E-state index contributed by atoms with van der Waals surface area (Å²) in [5.41, 5.74) is 5.82. The molecule has 0 aliphatic carbocycles. The Balaban J connectivity index is 1.49. The fourth-order valence-corrected chi connectivity index (χ4v) is 4.02. The lowest BCUT2D eigenvalue weighted by Gasteiger charge is -2.07. The zero-order valence-electron chi connectivity index (χ0n) is 19.8. The van der Waals surface area contributed by atoms with Crippen LogP contribution in [0.25, 0.3) is 22.5 Å². The maximum Gasteiger partial charge on any atom is 0.303 e. The number of carboxylic acid groups (broad SMARTS) is 1. The van der Waals surface area contributed by atoms with Gasteiger partial charge in [0, 0.05) is 24.4 Å². The summed E-state index contributed by atoms with van der Waals surface area (Å²) >= 11 is 0. The minimum absolute atomic E-state index is 0.246. The van der Waals surface area contributed by atoms with Gasteiger partial charge in [0.15, 0.2) is 5.82 Å². The first-order chi connectivity index (χ1) is 16.2. The Labute approximate surface area is 198 Å². The second-order valence-corrected chi connectivity index (χ2v) is 8.81. The number of aromatic nitrogens is 2. The Morgan fingerprint density at radius 2 is 1.18 bits per heavy atom. The Morgan fingerprint density at radius 1 is 0.667 bits per heavy atom. The third-order valence-electron chi connectivity index (χ3n) is 6.06. The molecule has 1 heterocycles. The van der Waals surface area contributed by atoms with Crippen molar-refractivity contribution in [2.75, 3.05) is 0 Å². The molecule has 0 saturated heterocycles. The smallest absolute Gasteiger partial charge is 0.303 e. The zero-order chi connectivity index (χ0) is 23.3. The maximum atomic E-state index is 10.6. The van der Waals surface area contributed by atoms with Crippen molar-refractivity contribution in [2.45, 2.75) is 77.6 Å². The molecule has 0 amide bonds. The molecule has 174 valence electrons. The van der Waals surface area contributed by atoms with E-state index in [0.717, 1.165) is 42.6 Å². The lowest BCUT2D eigenvalue weighted by atomic mass is 10.0. The van der Waals surface area contributed by atoms with Gasteiger partial charge in [0.05, 0.1) is 0 Å². The quantitative estimate of drug-likeness (QED) is 0.261. The van der Waals surface area contributed by atoms with Gasteiger partial charge in [-0.25, -0.2) is 9.97 Å². The normalized spacial score (nSPS) is 10.9.